The lowest BCUT2D eigenvalue weighted by Crippen LogP contribution is -2.34. The summed E-state index contributed by atoms with van der Waals surface area (Å²) in [6.45, 7) is 3.64. The van der Waals surface area contributed by atoms with E-state index < -0.39 is 4.92 Å². The number of ether oxygens (including phenoxy) is 2. The monoisotopic (exact) mass is 460 g/mol. The average Bonchev–Trinajstić information content (AvgIpc) is 3.14. The lowest BCUT2D eigenvalue weighted by atomic mass is 10.00. The molecule has 2 aliphatic heterocycles. The molecule has 8 heteroatoms. The Morgan fingerprint density at radius 1 is 1.12 bits per heavy atom. The number of nitrogens with zero attached hydrogens (tertiary/aromatic N) is 2. The van der Waals surface area contributed by atoms with E-state index in [0.29, 0.717) is 30.2 Å². The van der Waals surface area contributed by atoms with Crippen LogP contribution in [0.15, 0.2) is 60.4 Å². The van der Waals surface area contributed by atoms with Gasteiger partial charge in [0.1, 0.15) is 24.0 Å². The number of nitro groups is 1. The largest absolute Gasteiger partial charge is 0.477 e. The maximum atomic E-state index is 13.1. The van der Waals surface area contributed by atoms with E-state index in [2.05, 4.69) is 4.90 Å². The van der Waals surface area contributed by atoms with Crippen LogP contribution in [0.2, 0.25) is 0 Å². The molecule has 0 aliphatic carbocycles. The zero-order valence-electron chi connectivity index (χ0n) is 18.4. The van der Waals surface area contributed by atoms with Crippen molar-refractivity contribution in [2.75, 3.05) is 13.3 Å². The fraction of sp³-hybridized carbons (Fsp3) is 0.192. The molecule has 34 heavy (non-hydrogen) atoms. The number of nitro benzene ring substituents is 1. The van der Waals surface area contributed by atoms with Gasteiger partial charge in [-0.3, -0.25) is 19.8 Å². The molecule has 172 valence electrons. The summed E-state index contributed by atoms with van der Waals surface area (Å²) in [6, 6.07) is 14.2. The summed E-state index contributed by atoms with van der Waals surface area (Å²) in [4.78, 5) is 25.6. The normalized spacial score (nSPS) is 16.1. The van der Waals surface area contributed by atoms with Crippen LogP contribution in [0.3, 0.4) is 0 Å². The van der Waals surface area contributed by atoms with Crippen molar-refractivity contribution >= 4 is 17.5 Å². The van der Waals surface area contributed by atoms with Crippen molar-refractivity contribution in [3.05, 3.63) is 104 Å². The second kappa shape index (κ2) is 8.72. The number of carbonyl (C=O) groups excluding carboxylic acids is 1. The molecule has 0 atom stereocenters. The van der Waals surface area contributed by atoms with Crippen LogP contribution in [0, 0.1) is 22.9 Å². The van der Waals surface area contributed by atoms with Crippen LogP contribution in [-0.4, -0.2) is 28.9 Å². The van der Waals surface area contributed by atoms with E-state index in [1.807, 2.05) is 13.0 Å². The summed E-state index contributed by atoms with van der Waals surface area (Å²) in [5, 5.41) is 10.9. The summed E-state index contributed by atoms with van der Waals surface area (Å²) < 4.78 is 25.0. The molecule has 3 aromatic rings. The molecule has 0 amide bonds. The summed E-state index contributed by atoms with van der Waals surface area (Å²) >= 11 is 0. The van der Waals surface area contributed by atoms with Crippen LogP contribution in [0.5, 0.6) is 11.5 Å². The molecule has 3 aromatic carbocycles. The topological polar surface area (TPSA) is 81.9 Å². The van der Waals surface area contributed by atoms with E-state index in [0.717, 1.165) is 35.4 Å². The molecule has 2 aliphatic rings. The maximum absolute atomic E-state index is 13.1. The number of halogens is 1. The van der Waals surface area contributed by atoms with Gasteiger partial charge >= 0.3 is 0 Å². The van der Waals surface area contributed by atoms with Crippen molar-refractivity contribution < 1.29 is 23.6 Å². The number of carbonyl (C=O) groups is 1. The minimum absolute atomic E-state index is 0.0197. The quantitative estimate of drug-likeness (QED) is 0.301. The number of non-ortho nitro benzene ring substituents is 1. The van der Waals surface area contributed by atoms with Crippen LogP contribution in [0.4, 0.5) is 10.1 Å². The van der Waals surface area contributed by atoms with Crippen molar-refractivity contribution in [1.29, 1.82) is 0 Å². The van der Waals surface area contributed by atoms with Gasteiger partial charge in [0.2, 0.25) is 5.78 Å². The highest BCUT2D eigenvalue weighted by atomic mass is 19.1. The van der Waals surface area contributed by atoms with E-state index in [4.69, 9.17) is 9.47 Å². The van der Waals surface area contributed by atoms with Gasteiger partial charge in [-0.05, 0) is 60.9 Å². The molecule has 0 bridgehead atoms. The molecule has 0 radical (unpaired) electrons. The Hall–Kier alpha value is -4.04. The molecule has 0 unspecified atom stereocenters. The second-order valence-corrected chi connectivity index (χ2v) is 8.36. The average molecular weight is 460 g/mol. The molecule has 2 heterocycles. The van der Waals surface area contributed by atoms with Gasteiger partial charge in [0.25, 0.3) is 5.69 Å². The first-order valence-corrected chi connectivity index (χ1v) is 10.8. The number of fused-ring (bicyclic) bond motifs is 2. The van der Waals surface area contributed by atoms with E-state index in [1.165, 1.54) is 24.3 Å². The first kappa shape index (κ1) is 21.8. The predicted octanol–water partition coefficient (Wildman–Crippen LogP) is 5.05. The number of rotatable bonds is 5. The maximum Gasteiger partial charge on any atom is 0.269 e. The second-order valence-electron chi connectivity index (χ2n) is 8.36. The van der Waals surface area contributed by atoms with Gasteiger partial charge in [0.15, 0.2) is 5.76 Å². The summed E-state index contributed by atoms with van der Waals surface area (Å²) in [5.41, 5.74) is 3.82. The lowest BCUT2D eigenvalue weighted by Gasteiger charge is -2.30. The number of ketones is 1. The highest BCUT2D eigenvalue weighted by molar-refractivity contribution is 6.15. The fourth-order valence-corrected chi connectivity index (χ4v) is 4.22. The molecule has 0 saturated heterocycles. The van der Waals surface area contributed by atoms with Crippen molar-refractivity contribution in [2.24, 2.45) is 0 Å². The zero-order valence-corrected chi connectivity index (χ0v) is 18.4. The Bertz CT molecular complexity index is 1320. The molecule has 0 aromatic heterocycles. The summed E-state index contributed by atoms with van der Waals surface area (Å²) in [7, 11) is 0. The number of benzene rings is 3. The summed E-state index contributed by atoms with van der Waals surface area (Å²) in [6.07, 6.45) is 2.34. The Morgan fingerprint density at radius 2 is 1.85 bits per heavy atom. The molecule has 0 spiro atoms. The number of hydrogen-bond acceptors (Lipinski definition) is 6. The summed E-state index contributed by atoms with van der Waals surface area (Å²) in [5.74, 6) is 0.889. The minimum Gasteiger partial charge on any atom is -0.477 e. The van der Waals surface area contributed by atoms with Crippen LogP contribution < -0.4 is 9.47 Å². The predicted molar refractivity (Wildman–Crippen MR) is 123 cm³/mol. The van der Waals surface area contributed by atoms with Crippen molar-refractivity contribution in [3.63, 3.8) is 0 Å². The molecule has 0 saturated carbocycles. The van der Waals surface area contributed by atoms with E-state index >= 15 is 0 Å². The van der Waals surface area contributed by atoms with Gasteiger partial charge in [0.05, 0.1) is 10.5 Å². The Labute approximate surface area is 195 Å². The molecule has 0 N–H and O–H groups in total. The lowest BCUT2D eigenvalue weighted by molar-refractivity contribution is -0.384. The standard InChI is InChI=1S/C26H21FN2O5/c1-16-25-19(14-28(15-33-25)11-10-17-2-6-20(27)7-3-17)13-22-24(30)23(34-26(16)22)12-18-4-8-21(9-5-18)29(31)32/h2-9,12-13H,10-11,14-15H2,1H3/b23-12-. The van der Waals surface area contributed by atoms with Gasteiger partial charge in [-0.2, -0.15) is 0 Å². The van der Waals surface area contributed by atoms with Crippen LogP contribution in [0.1, 0.15) is 32.6 Å². The molecule has 5 rings (SSSR count). The van der Waals surface area contributed by atoms with Crippen molar-refractivity contribution in [3.8, 4) is 11.5 Å². The Balaban J connectivity index is 1.34. The molecular weight excluding hydrogens is 439 g/mol. The Morgan fingerprint density at radius 3 is 2.56 bits per heavy atom. The SMILES string of the molecule is Cc1c2c(cc3c1O/C(=C\c1ccc([N+](=O)[O-])cc1)C3=O)CN(CCc1ccc(F)cc1)CO2. The zero-order chi connectivity index (χ0) is 23.8. The first-order chi connectivity index (χ1) is 16.4. The van der Waals surface area contributed by atoms with Crippen LogP contribution >= 0.6 is 0 Å². The van der Waals surface area contributed by atoms with Gasteiger partial charge in [-0.1, -0.05) is 12.1 Å². The van der Waals surface area contributed by atoms with Gasteiger partial charge in [0, 0.05) is 36.3 Å². The van der Waals surface area contributed by atoms with Crippen LogP contribution in [0.25, 0.3) is 6.08 Å². The third kappa shape index (κ3) is 4.15. The number of Topliss-reactive ketones (excluding diaryl/α,β-unsaturated/α-hetero) is 1. The van der Waals surface area contributed by atoms with Crippen molar-refractivity contribution in [2.45, 2.75) is 19.9 Å². The molecule has 0 fully saturated rings. The minimum atomic E-state index is -0.471. The first-order valence-electron chi connectivity index (χ1n) is 10.8. The highest BCUT2D eigenvalue weighted by Gasteiger charge is 2.33. The highest BCUT2D eigenvalue weighted by Crippen LogP contribution is 2.43. The van der Waals surface area contributed by atoms with E-state index in [1.54, 1.807) is 30.3 Å². The van der Waals surface area contributed by atoms with E-state index in [9.17, 15) is 19.3 Å². The third-order valence-electron chi connectivity index (χ3n) is 6.03. The third-order valence-corrected chi connectivity index (χ3v) is 6.03. The smallest absolute Gasteiger partial charge is 0.269 e. The Kier molecular flexibility index (Phi) is 5.59. The van der Waals surface area contributed by atoms with Crippen LogP contribution in [-0.2, 0) is 13.0 Å². The molecule has 7 nitrogen and oxygen atoms in total. The van der Waals surface area contributed by atoms with Gasteiger partial charge in [-0.25, -0.2) is 4.39 Å². The number of allylic oxidation sites excluding steroid dienone is 1. The van der Waals surface area contributed by atoms with Crippen molar-refractivity contribution in [1.82, 2.24) is 4.90 Å². The van der Waals surface area contributed by atoms with Gasteiger partial charge < -0.3 is 9.47 Å². The molecular formula is C26H21FN2O5. The fourth-order valence-electron chi connectivity index (χ4n) is 4.22. The number of hydrogen-bond donors (Lipinski definition) is 0. The van der Waals surface area contributed by atoms with Gasteiger partial charge in [-0.15, -0.1) is 0 Å². The van der Waals surface area contributed by atoms with E-state index in [-0.39, 0.29) is 23.0 Å².